The van der Waals surface area contributed by atoms with Gasteiger partial charge < -0.3 is 24.8 Å². The molecule has 4 N–H and O–H groups in total. The molecule has 2 saturated heterocycles. The van der Waals surface area contributed by atoms with Gasteiger partial charge in [-0.15, -0.1) is 0 Å². The Bertz CT molecular complexity index is 941. The molecule has 2 aliphatic heterocycles. The van der Waals surface area contributed by atoms with E-state index in [1.54, 1.807) is 0 Å². The fourth-order valence-corrected chi connectivity index (χ4v) is 3.97. The molecule has 1 aromatic heterocycles. The molecule has 2 unspecified atom stereocenters. The van der Waals surface area contributed by atoms with Gasteiger partial charge in [-0.3, -0.25) is 23.4 Å². The Morgan fingerprint density at radius 1 is 1.56 bits per heavy atom. The minimum absolute atomic E-state index is 0.0165. The van der Waals surface area contributed by atoms with Crippen LogP contribution >= 0.6 is 7.60 Å². The smallest absolute Gasteiger partial charge is 0.330 e. The van der Waals surface area contributed by atoms with Gasteiger partial charge >= 0.3 is 13.3 Å². The average Bonchev–Trinajstić information content (AvgIpc) is 3.04. The SMILES string of the molecule is COC[C@@]12CO[C@H](C1OP(C)(=O)O)[C@H](n1cc(C#CCN)c(=O)[nH]c1=O)O2. The van der Waals surface area contributed by atoms with Crippen LogP contribution in [0, 0.1) is 11.8 Å². The van der Waals surface area contributed by atoms with Crippen molar-refractivity contribution in [3.05, 3.63) is 32.6 Å². The lowest BCUT2D eigenvalue weighted by atomic mass is 10.0. The molecule has 27 heavy (non-hydrogen) atoms. The van der Waals surface area contributed by atoms with Crippen LogP contribution in [0.5, 0.6) is 0 Å². The number of nitrogens with two attached hydrogens (primary N) is 1. The van der Waals surface area contributed by atoms with Crippen LogP contribution in [0.1, 0.15) is 11.8 Å². The van der Waals surface area contributed by atoms with Gasteiger partial charge in [0.25, 0.3) is 5.56 Å². The summed E-state index contributed by atoms with van der Waals surface area (Å²) in [6.07, 6.45) is -1.57. The highest BCUT2D eigenvalue weighted by atomic mass is 31.2. The fourth-order valence-electron chi connectivity index (χ4n) is 3.24. The number of hydrogen-bond donors (Lipinski definition) is 3. The number of rotatable bonds is 5. The highest BCUT2D eigenvalue weighted by Crippen LogP contribution is 2.52. The summed E-state index contributed by atoms with van der Waals surface area (Å²) in [5, 5.41) is 0. The normalized spacial score (nSPS) is 31.3. The first-order valence-corrected chi connectivity index (χ1v) is 10.0. The van der Waals surface area contributed by atoms with E-state index in [9.17, 15) is 19.0 Å². The number of H-pyrrole nitrogens is 1. The van der Waals surface area contributed by atoms with Crippen molar-refractivity contribution in [2.45, 2.75) is 24.0 Å². The first kappa shape index (κ1) is 20.0. The van der Waals surface area contributed by atoms with E-state index in [4.69, 9.17) is 24.5 Å². The van der Waals surface area contributed by atoms with Crippen LogP contribution in [0.3, 0.4) is 0 Å². The van der Waals surface area contributed by atoms with Crippen molar-refractivity contribution in [2.75, 3.05) is 33.5 Å². The molecule has 0 radical (unpaired) electrons. The molecule has 2 fully saturated rings. The second kappa shape index (κ2) is 7.33. The maximum absolute atomic E-state index is 12.3. The molecular weight excluding hydrogens is 381 g/mol. The highest BCUT2D eigenvalue weighted by molar-refractivity contribution is 7.51. The number of ether oxygens (including phenoxy) is 3. The lowest BCUT2D eigenvalue weighted by Crippen LogP contribution is -2.46. The van der Waals surface area contributed by atoms with Crippen LogP contribution in [0.15, 0.2) is 15.8 Å². The van der Waals surface area contributed by atoms with Crippen molar-refractivity contribution in [3.8, 4) is 11.8 Å². The number of aromatic amines is 1. The van der Waals surface area contributed by atoms with E-state index in [1.807, 2.05) is 0 Å². The predicted molar refractivity (Wildman–Crippen MR) is 92.3 cm³/mol. The molecule has 3 heterocycles. The van der Waals surface area contributed by atoms with E-state index in [0.29, 0.717) is 0 Å². The molecule has 5 atom stereocenters. The third-order valence-electron chi connectivity index (χ3n) is 4.24. The molecule has 12 heteroatoms. The molecule has 0 aliphatic carbocycles. The predicted octanol–water partition coefficient (Wildman–Crippen LogP) is -1.64. The van der Waals surface area contributed by atoms with Crippen molar-refractivity contribution >= 4 is 7.60 Å². The van der Waals surface area contributed by atoms with Gasteiger partial charge in [0.15, 0.2) is 6.23 Å². The van der Waals surface area contributed by atoms with Crippen LogP contribution in [-0.4, -0.2) is 65.8 Å². The lowest BCUT2D eigenvalue weighted by molar-refractivity contribution is -0.190. The van der Waals surface area contributed by atoms with E-state index < -0.39 is 42.9 Å². The zero-order chi connectivity index (χ0) is 19.8. The van der Waals surface area contributed by atoms with Gasteiger partial charge in [-0.05, 0) is 0 Å². The van der Waals surface area contributed by atoms with Crippen LogP contribution in [-0.2, 0) is 23.3 Å². The molecule has 0 spiro atoms. The summed E-state index contributed by atoms with van der Waals surface area (Å²) in [4.78, 5) is 36.0. The van der Waals surface area contributed by atoms with Crippen molar-refractivity contribution in [3.63, 3.8) is 0 Å². The number of nitrogens with zero attached hydrogens (tertiary/aromatic N) is 1. The molecule has 0 amide bonds. The van der Waals surface area contributed by atoms with E-state index in [-0.39, 0.29) is 25.3 Å². The summed E-state index contributed by atoms with van der Waals surface area (Å²) in [6.45, 7) is 1.17. The Labute approximate surface area is 153 Å². The Morgan fingerprint density at radius 3 is 2.93 bits per heavy atom. The maximum atomic E-state index is 12.3. The van der Waals surface area contributed by atoms with E-state index in [1.165, 1.54) is 13.3 Å². The van der Waals surface area contributed by atoms with Gasteiger partial charge in [0.05, 0.1) is 19.8 Å². The minimum Gasteiger partial charge on any atom is -0.381 e. The third kappa shape index (κ3) is 3.79. The first-order valence-electron chi connectivity index (χ1n) is 8.02. The van der Waals surface area contributed by atoms with E-state index in [0.717, 1.165) is 11.2 Å². The molecule has 11 nitrogen and oxygen atoms in total. The van der Waals surface area contributed by atoms with Crippen LogP contribution < -0.4 is 17.0 Å². The molecule has 0 aromatic carbocycles. The molecule has 1 aromatic rings. The lowest BCUT2D eigenvalue weighted by Gasteiger charge is -2.31. The van der Waals surface area contributed by atoms with E-state index in [2.05, 4.69) is 16.8 Å². The number of nitrogens with one attached hydrogen (secondary N) is 1. The Hall–Kier alpha value is -1.77. The second-order valence-electron chi connectivity index (χ2n) is 6.33. The number of methoxy groups -OCH3 is 1. The molecule has 148 valence electrons. The summed E-state index contributed by atoms with van der Waals surface area (Å²) in [5.74, 6) is 5.12. The van der Waals surface area contributed by atoms with E-state index >= 15 is 0 Å². The largest absolute Gasteiger partial charge is 0.381 e. The zero-order valence-electron chi connectivity index (χ0n) is 14.7. The molecule has 2 aliphatic rings. The molecule has 0 saturated carbocycles. The third-order valence-corrected chi connectivity index (χ3v) is 4.86. The molecule has 2 bridgehead atoms. The fraction of sp³-hybridized carbons (Fsp3) is 0.600. The molecule has 3 rings (SSSR count). The van der Waals surface area contributed by atoms with Crippen LogP contribution in [0.2, 0.25) is 0 Å². The van der Waals surface area contributed by atoms with Gasteiger partial charge in [-0.2, -0.15) is 0 Å². The second-order valence-corrected chi connectivity index (χ2v) is 8.14. The van der Waals surface area contributed by atoms with Gasteiger partial charge in [-0.1, -0.05) is 11.8 Å². The van der Waals surface area contributed by atoms with Crippen molar-refractivity contribution < 1.29 is 28.2 Å². The Kier molecular flexibility index (Phi) is 5.42. The zero-order valence-corrected chi connectivity index (χ0v) is 15.6. The number of aromatic nitrogens is 2. The number of hydrogen-bond acceptors (Lipinski definition) is 8. The van der Waals surface area contributed by atoms with Crippen LogP contribution in [0.25, 0.3) is 0 Å². The van der Waals surface area contributed by atoms with Gasteiger partial charge in [-0.25, -0.2) is 4.79 Å². The Morgan fingerprint density at radius 2 is 2.30 bits per heavy atom. The molecular formula is C15H20N3O8P. The van der Waals surface area contributed by atoms with Gasteiger partial charge in [0.1, 0.15) is 23.4 Å². The van der Waals surface area contributed by atoms with Gasteiger partial charge in [0, 0.05) is 20.0 Å². The summed E-state index contributed by atoms with van der Waals surface area (Å²) in [7, 11) is -2.44. The first-order chi connectivity index (χ1) is 12.7. The topological polar surface area (TPSA) is 155 Å². The van der Waals surface area contributed by atoms with Crippen LogP contribution in [0.4, 0.5) is 0 Å². The standard InChI is InChI=1S/C15H20N3O8P/c1-23-7-15-8-24-10(11(15)26-27(2,21)22)13(25-15)18-6-9(4-3-5-16)12(19)17-14(18)20/h6,10-11,13H,5,7-8,16H2,1-2H3,(H,21,22)(H,17,19,20)/t10-,11?,13-,15-/m1/s1. The summed E-state index contributed by atoms with van der Waals surface area (Å²) < 4.78 is 35.0. The van der Waals surface area contributed by atoms with Crippen molar-refractivity contribution in [1.82, 2.24) is 9.55 Å². The van der Waals surface area contributed by atoms with Gasteiger partial charge in [0.2, 0.25) is 0 Å². The monoisotopic (exact) mass is 401 g/mol. The maximum Gasteiger partial charge on any atom is 0.330 e. The van der Waals surface area contributed by atoms with Crippen molar-refractivity contribution in [1.29, 1.82) is 0 Å². The van der Waals surface area contributed by atoms with Crippen molar-refractivity contribution in [2.24, 2.45) is 5.73 Å². The number of fused-ring (bicyclic) bond motifs is 2. The quantitative estimate of drug-likeness (QED) is 0.389. The summed E-state index contributed by atoms with van der Waals surface area (Å²) >= 11 is 0. The minimum atomic E-state index is -3.87. The summed E-state index contributed by atoms with van der Waals surface area (Å²) in [6, 6.07) is 0. The Balaban J connectivity index is 2.03. The summed E-state index contributed by atoms with van der Waals surface area (Å²) in [5.41, 5.74) is 2.77. The highest BCUT2D eigenvalue weighted by Gasteiger charge is 2.64. The average molecular weight is 401 g/mol.